The zero-order valence-corrected chi connectivity index (χ0v) is 13.0. The molecule has 21 heavy (non-hydrogen) atoms. The molecule has 0 radical (unpaired) electrons. The molecule has 2 heterocycles. The second-order valence-corrected chi connectivity index (χ2v) is 5.86. The molecule has 1 N–H and O–H groups in total. The van der Waals surface area contributed by atoms with Crippen molar-refractivity contribution in [3.05, 3.63) is 40.8 Å². The van der Waals surface area contributed by atoms with Gasteiger partial charge in [-0.3, -0.25) is 4.79 Å². The van der Waals surface area contributed by atoms with E-state index in [-0.39, 0.29) is 11.8 Å². The Labute approximate surface area is 127 Å². The van der Waals surface area contributed by atoms with E-state index in [0.29, 0.717) is 4.88 Å². The summed E-state index contributed by atoms with van der Waals surface area (Å²) in [6.45, 7) is 3.73. The van der Waals surface area contributed by atoms with Gasteiger partial charge in [0.1, 0.15) is 10.9 Å². The lowest BCUT2D eigenvalue weighted by molar-refractivity contribution is -0.144. The number of carbonyl (C=O) groups excluding carboxylic acids is 2. The summed E-state index contributed by atoms with van der Waals surface area (Å²) in [6.07, 6.45) is 3.75. The molecular weight excluding hydrogens is 288 g/mol. The molecule has 2 rings (SSSR count). The van der Waals surface area contributed by atoms with Crippen LogP contribution in [0, 0.1) is 5.92 Å². The molecule has 2 aromatic rings. The van der Waals surface area contributed by atoms with E-state index in [2.05, 4.69) is 5.32 Å². The predicted molar refractivity (Wildman–Crippen MR) is 81.8 cm³/mol. The van der Waals surface area contributed by atoms with Gasteiger partial charge in [0.25, 0.3) is 5.91 Å². The van der Waals surface area contributed by atoms with Gasteiger partial charge in [0.15, 0.2) is 0 Å². The minimum atomic E-state index is -0.651. The lowest BCUT2D eigenvalue weighted by atomic mass is 10.0. The molecular formula is C15H18N2O3S. The van der Waals surface area contributed by atoms with Gasteiger partial charge in [0.05, 0.1) is 12.8 Å². The standard InChI is InChI=1S/C15H18N2O3S/c1-10(2)12(15(19)20-3)16-14(18)13-11(6-9-21-13)17-7-4-5-8-17/h4-10,12H,1-3H3,(H,16,18). The molecule has 1 amide bonds. The van der Waals surface area contributed by atoms with Crippen molar-refractivity contribution in [2.45, 2.75) is 19.9 Å². The molecule has 0 aliphatic rings. The fourth-order valence-electron chi connectivity index (χ4n) is 2.00. The van der Waals surface area contributed by atoms with Crippen molar-refractivity contribution < 1.29 is 14.3 Å². The highest BCUT2D eigenvalue weighted by molar-refractivity contribution is 7.12. The number of aromatic nitrogens is 1. The van der Waals surface area contributed by atoms with Crippen LogP contribution in [-0.2, 0) is 9.53 Å². The number of hydrogen-bond acceptors (Lipinski definition) is 4. The Balaban J connectivity index is 2.21. The number of thiophene rings is 1. The fraction of sp³-hybridized carbons (Fsp3) is 0.333. The average Bonchev–Trinajstić information content (AvgIpc) is 3.12. The first-order valence-corrected chi connectivity index (χ1v) is 7.52. The third-order valence-corrected chi connectivity index (χ3v) is 4.04. The topological polar surface area (TPSA) is 60.3 Å². The maximum atomic E-state index is 12.4. The van der Waals surface area contributed by atoms with Crippen LogP contribution in [0.3, 0.4) is 0 Å². The molecule has 0 spiro atoms. The minimum Gasteiger partial charge on any atom is -0.467 e. The highest BCUT2D eigenvalue weighted by atomic mass is 32.1. The van der Waals surface area contributed by atoms with Crippen LogP contribution >= 0.6 is 11.3 Å². The van der Waals surface area contributed by atoms with E-state index in [1.807, 2.05) is 54.4 Å². The molecule has 0 saturated carbocycles. The van der Waals surface area contributed by atoms with Crippen molar-refractivity contribution in [3.8, 4) is 5.69 Å². The summed E-state index contributed by atoms with van der Waals surface area (Å²) < 4.78 is 6.61. The van der Waals surface area contributed by atoms with Crippen LogP contribution in [0.25, 0.3) is 5.69 Å². The van der Waals surface area contributed by atoms with Gasteiger partial charge in [0, 0.05) is 12.4 Å². The van der Waals surface area contributed by atoms with Crippen LogP contribution in [0.4, 0.5) is 0 Å². The van der Waals surface area contributed by atoms with Crippen LogP contribution in [0.15, 0.2) is 36.0 Å². The third kappa shape index (κ3) is 3.33. The number of amides is 1. The predicted octanol–water partition coefficient (Wildman–Crippen LogP) is 2.47. The first kappa shape index (κ1) is 15.3. The molecule has 0 bridgehead atoms. The number of nitrogens with zero attached hydrogens (tertiary/aromatic N) is 1. The number of hydrogen-bond donors (Lipinski definition) is 1. The van der Waals surface area contributed by atoms with E-state index in [0.717, 1.165) is 5.69 Å². The molecule has 6 heteroatoms. The number of ether oxygens (including phenoxy) is 1. The van der Waals surface area contributed by atoms with Crippen molar-refractivity contribution in [2.24, 2.45) is 5.92 Å². The van der Waals surface area contributed by atoms with Crippen LogP contribution in [0.5, 0.6) is 0 Å². The maximum Gasteiger partial charge on any atom is 0.328 e. The second kappa shape index (κ2) is 6.58. The fourth-order valence-corrected chi connectivity index (χ4v) is 2.80. The number of carbonyl (C=O) groups is 2. The summed E-state index contributed by atoms with van der Waals surface area (Å²) >= 11 is 1.34. The number of rotatable bonds is 5. The van der Waals surface area contributed by atoms with E-state index in [4.69, 9.17) is 4.74 Å². The Morgan fingerprint density at radius 1 is 1.29 bits per heavy atom. The number of esters is 1. The summed E-state index contributed by atoms with van der Waals surface area (Å²) in [5.41, 5.74) is 0.801. The Morgan fingerprint density at radius 2 is 1.95 bits per heavy atom. The van der Waals surface area contributed by atoms with E-state index in [9.17, 15) is 9.59 Å². The van der Waals surface area contributed by atoms with Gasteiger partial charge in [0.2, 0.25) is 0 Å². The summed E-state index contributed by atoms with van der Waals surface area (Å²) in [7, 11) is 1.32. The van der Waals surface area contributed by atoms with Crippen molar-refractivity contribution >= 4 is 23.2 Å². The SMILES string of the molecule is COC(=O)C(NC(=O)c1sccc1-n1cccc1)C(C)C. The van der Waals surface area contributed by atoms with E-state index in [1.165, 1.54) is 18.4 Å². The van der Waals surface area contributed by atoms with Crippen LogP contribution in [0.1, 0.15) is 23.5 Å². The van der Waals surface area contributed by atoms with Gasteiger partial charge in [-0.05, 0) is 29.5 Å². The summed E-state index contributed by atoms with van der Waals surface area (Å²) in [6, 6.07) is 5.01. The molecule has 0 aliphatic carbocycles. The van der Waals surface area contributed by atoms with Gasteiger partial charge in [-0.15, -0.1) is 11.3 Å². The van der Waals surface area contributed by atoms with Crippen molar-refractivity contribution in [3.63, 3.8) is 0 Å². The molecule has 0 aliphatic heterocycles. The maximum absolute atomic E-state index is 12.4. The van der Waals surface area contributed by atoms with Crippen LogP contribution < -0.4 is 5.32 Å². The average molecular weight is 306 g/mol. The highest BCUT2D eigenvalue weighted by Crippen LogP contribution is 2.21. The van der Waals surface area contributed by atoms with Gasteiger partial charge >= 0.3 is 5.97 Å². The Bertz CT molecular complexity index is 617. The van der Waals surface area contributed by atoms with Crippen LogP contribution in [0.2, 0.25) is 0 Å². The number of nitrogens with one attached hydrogen (secondary N) is 1. The number of methoxy groups -OCH3 is 1. The quantitative estimate of drug-likeness (QED) is 0.863. The molecule has 0 aromatic carbocycles. The largest absolute Gasteiger partial charge is 0.467 e. The van der Waals surface area contributed by atoms with E-state index in [1.54, 1.807) is 0 Å². The van der Waals surface area contributed by atoms with E-state index >= 15 is 0 Å². The van der Waals surface area contributed by atoms with E-state index < -0.39 is 12.0 Å². The van der Waals surface area contributed by atoms with Crippen molar-refractivity contribution in [1.82, 2.24) is 9.88 Å². The molecule has 1 atom stereocenters. The first-order valence-electron chi connectivity index (χ1n) is 6.64. The van der Waals surface area contributed by atoms with Gasteiger partial charge < -0.3 is 14.6 Å². The third-order valence-electron chi connectivity index (χ3n) is 3.14. The lowest BCUT2D eigenvalue weighted by Crippen LogP contribution is -2.45. The van der Waals surface area contributed by atoms with Crippen molar-refractivity contribution in [1.29, 1.82) is 0 Å². The Morgan fingerprint density at radius 3 is 2.52 bits per heavy atom. The Kier molecular flexibility index (Phi) is 4.80. The molecule has 112 valence electrons. The summed E-state index contributed by atoms with van der Waals surface area (Å²) in [5.74, 6) is -0.744. The molecule has 0 fully saturated rings. The second-order valence-electron chi connectivity index (χ2n) is 4.94. The minimum absolute atomic E-state index is 0.0450. The molecule has 0 saturated heterocycles. The summed E-state index contributed by atoms with van der Waals surface area (Å²) in [4.78, 5) is 24.7. The molecule has 1 unspecified atom stereocenters. The zero-order valence-electron chi connectivity index (χ0n) is 12.2. The highest BCUT2D eigenvalue weighted by Gasteiger charge is 2.26. The zero-order chi connectivity index (χ0) is 15.4. The summed E-state index contributed by atoms with van der Waals surface area (Å²) in [5, 5.41) is 4.61. The lowest BCUT2D eigenvalue weighted by Gasteiger charge is -2.19. The van der Waals surface area contributed by atoms with Gasteiger partial charge in [-0.25, -0.2) is 4.79 Å². The molecule has 2 aromatic heterocycles. The normalized spacial score (nSPS) is 12.2. The first-order chi connectivity index (χ1) is 10.0. The monoisotopic (exact) mass is 306 g/mol. The van der Waals surface area contributed by atoms with Crippen LogP contribution in [-0.4, -0.2) is 29.6 Å². The Hall–Kier alpha value is -2.08. The van der Waals surface area contributed by atoms with Crippen molar-refractivity contribution in [2.75, 3.05) is 7.11 Å². The van der Waals surface area contributed by atoms with Gasteiger partial charge in [-0.1, -0.05) is 13.8 Å². The smallest absolute Gasteiger partial charge is 0.328 e. The molecule has 5 nitrogen and oxygen atoms in total. The van der Waals surface area contributed by atoms with Gasteiger partial charge in [-0.2, -0.15) is 0 Å².